The van der Waals surface area contributed by atoms with Crippen LogP contribution in [0.2, 0.25) is 0 Å². The Hall–Kier alpha value is -1.12. The summed E-state index contributed by atoms with van der Waals surface area (Å²) in [5.74, 6) is -0.0627. The highest BCUT2D eigenvalue weighted by Gasteiger charge is 2.30. The first-order valence-electron chi connectivity index (χ1n) is 6.03. The Kier molecular flexibility index (Phi) is 5.97. The second kappa shape index (κ2) is 7.05. The van der Waals surface area contributed by atoms with Crippen LogP contribution in [0.1, 0.15) is 17.5 Å². The van der Waals surface area contributed by atoms with Gasteiger partial charge in [0.25, 0.3) is 0 Å². The zero-order chi connectivity index (χ0) is 15.2. The molecule has 8 heteroatoms. The Morgan fingerprint density at radius 3 is 2.55 bits per heavy atom. The summed E-state index contributed by atoms with van der Waals surface area (Å²) in [6, 6.07) is 4.60. The van der Waals surface area contributed by atoms with Crippen molar-refractivity contribution in [1.82, 2.24) is 10.0 Å². The topological polar surface area (TPSA) is 58.2 Å². The lowest BCUT2D eigenvalue weighted by atomic mass is 10.1. The maximum Gasteiger partial charge on any atom is 0.416 e. The van der Waals surface area contributed by atoms with E-state index < -0.39 is 21.8 Å². The van der Waals surface area contributed by atoms with E-state index in [0.29, 0.717) is 13.0 Å². The van der Waals surface area contributed by atoms with Gasteiger partial charge in [0.15, 0.2) is 0 Å². The van der Waals surface area contributed by atoms with Crippen LogP contribution in [-0.4, -0.2) is 27.8 Å². The molecule has 0 aliphatic carbocycles. The van der Waals surface area contributed by atoms with Gasteiger partial charge in [0, 0.05) is 6.54 Å². The van der Waals surface area contributed by atoms with Crippen molar-refractivity contribution in [3.63, 3.8) is 0 Å². The highest BCUT2D eigenvalue weighted by atomic mass is 32.2. The summed E-state index contributed by atoms with van der Waals surface area (Å²) in [6.07, 6.45) is -3.99. The van der Waals surface area contributed by atoms with E-state index in [1.165, 1.54) is 12.1 Å². The number of rotatable bonds is 7. The fourth-order valence-electron chi connectivity index (χ4n) is 1.56. The van der Waals surface area contributed by atoms with Crippen molar-refractivity contribution in [3.8, 4) is 0 Å². The second-order valence-electron chi connectivity index (χ2n) is 4.30. The lowest BCUT2D eigenvalue weighted by molar-refractivity contribution is -0.137. The summed E-state index contributed by atoms with van der Waals surface area (Å²) in [5.41, 5.74) is -0.513. The van der Waals surface area contributed by atoms with E-state index in [2.05, 4.69) is 10.0 Å². The van der Waals surface area contributed by atoms with E-state index in [1.807, 2.05) is 0 Å². The summed E-state index contributed by atoms with van der Waals surface area (Å²) in [7, 11) is -1.76. The average molecular weight is 310 g/mol. The van der Waals surface area contributed by atoms with Gasteiger partial charge in [0.2, 0.25) is 10.0 Å². The minimum atomic E-state index is -4.43. The van der Waals surface area contributed by atoms with Crippen LogP contribution in [0.4, 0.5) is 13.2 Å². The largest absolute Gasteiger partial charge is 0.416 e. The molecule has 0 fully saturated rings. The molecule has 1 aromatic rings. The first-order valence-corrected chi connectivity index (χ1v) is 7.68. The van der Waals surface area contributed by atoms with Crippen molar-refractivity contribution in [3.05, 3.63) is 35.4 Å². The monoisotopic (exact) mass is 310 g/mol. The molecule has 0 saturated heterocycles. The SMILES string of the molecule is CNCCCS(=O)(=O)NCc1cccc(C(F)(F)F)c1. The molecular weight excluding hydrogens is 293 g/mol. The van der Waals surface area contributed by atoms with Crippen molar-refractivity contribution in [2.24, 2.45) is 0 Å². The molecule has 114 valence electrons. The van der Waals surface area contributed by atoms with E-state index in [4.69, 9.17) is 0 Å². The van der Waals surface area contributed by atoms with Gasteiger partial charge in [-0.25, -0.2) is 13.1 Å². The molecule has 0 bridgehead atoms. The molecule has 0 amide bonds. The lowest BCUT2D eigenvalue weighted by Gasteiger charge is -2.10. The van der Waals surface area contributed by atoms with Gasteiger partial charge in [0.05, 0.1) is 11.3 Å². The second-order valence-corrected chi connectivity index (χ2v) is 6.22. The molecular formula is C12H17F3N2O2S. The predicted octanol–water partition coefficient (Wildman–Crippen LogP) is 1.73. The van der Waals surface area contributed by atoms with Gasteiger partial charge >= 0.3 is 6.18 Å². The quantitative estimate of drug-likeness (QED) is 0.754. The standard InChI is InChI=1S/C12H17F3N2O2S/c1-16-6-3-7-20(18,19)17-9-10-4-2-5-11(8-10)12(13,14)15/h2,4-5,8,16-17H,3,6-7,9H2,1H3. The Balaban J connectivity index is 2.62. The average Bonchev–Trinajstić information content (AvgIpc) is 2.36. The van der Waals surface area contributed by atoms with Crippen LogP contribution in [0.3, 0.4) is 0 Å². The minimum absolute atomic E-state index is 0.0627. The Labute approximate surface area is 116 Å². The molecule has 0 aromatic heterocycles. The number of nitrogens with one attached hydrogen (secondary N) is 2. The van der Waals surface area contributed by atoms with Gasteiger partial charge in [-0.1, -0.05) is 18.2 Å². The van der Waals surface area contributed by atoms with Crippen LogP contribution in [-0.2, 0) is 22.7 Å². The van der Waals surface area contributed by atoms with Gasteiger partial charge in [-0.15, -0.1) is 0 Å². The van der Waals surface area contributed by atoms with E-state index in [0.717, 1.165) is 12.1 Å². The lowest BCUT2D eigenvalue weighted by Crippen LogP contribution is -2.27. The molecule has 1 rings (SSSR count). The van der Waals surface area contributed by atoms with Crippen molar-refractivity contribution in [2.75, 3.05) is 19.3 Å². The number of sulfonamides is 1. The van der Waals surface area contributed by atoms with Crippen LogP contribution < -0.4 is 10.0 Å². The molecule has 4 nitrogen and oxygen atoms in total. The molecule has 0 spiro atoms. The smallest absolute Gasteiger partial charge is 0.320 e. The third-order valence-corrected chi connectivity index (χ3v) is 4.00. The van der Waals surface area contributed by atoms with Gasteiger partial charge < -0.3 is 5.32 Å². The molecule has 0 atom stereocenters. The van der Waals surface area contributed by atoms with E-state index >= 15 is 0 Å². The first-order chi connectivity index (χ1) is 9.24. The maximum absolute atomic E-state index is 12.5. The number of benzene rings is 1. The van der Waals surface area contributed by atoms with Crippen molar-refractivity contribution in [1.29, 1.82) is 0 Å². The van der Waals surface area contributed by atoms with Crippen molar-refractivity contribution >= 4 is 10.0 Å². The number of hydrogen-bond donors (Lipinski definition) is 2. The highest BCUT2D eigenvalue weighted by molar-refractivity contribution is 7.89. The highest BCUT2D eigenvalue weighted by Crippen LogP contribution is 2.29. The molecule has 0 aliphatic rings. The molecule has 0 radical (unpaired) electrons. The van der Waals surface area contributed by atoms with Gasteiger partial charge in [-0.2, -0.15) is 13.2 Å². The van der Waals surface area contributed by atoms with Crippen LogP contribution in [0, 0.1) is 0 Å². The molecule has 0 saturated carbocycles. The third kappa shape index (κ3) is 5.89. The Bertz CT molecular complexity index is 530. The normalized spacial score (nSPS) is 12.6. The van der Waals surface area contributed by atoms with Crippen LogP contribution in [0.5, 0.6) is 0 Å². The van der Waals surface area contributed by atoms with Crippen LogP contribution >= 0.6 is 0 Å². The third-order valence-electron chi connectivity index (χ3n) is 2.59. The number of alkyl halides is 3. The Morgan fingerprint density at radius 2 is 1.95 bits per heavy atom. The fourth-order valence-corrected chi connectivity index (χ4v) is 2.62. The number of hydrogen-bond acceptors (Lipinski definition) is 3. The maximum atomic E-state index is 12.5. The number of halogens is 3. The van der Waals surface area contributed by atoms with E-state index in [-0.39, 0.29) is 17.9 Å². The molecule has 20 heavy (non-hydrogen) atoms. The zero-order valence-electron chi connectivity index (χ0n) is 11.0. The van der Waals surface area contributed by atoms with Crippen LogP contribution in [0.15, 0.2) is 24.3 Å². The molecule has 0 heterocycles. The fraction of sp³-hybridized carbons (Fsp3) is 0.500. The van der Waals surface area contributed by atoms with Gasteiger partial charge in [0.1, 0.15) is 0 Å². The van der Waals surface area contributed by atoms with Crippen molar-refractivity contribution in [2.45, 2.75) is 19.1 Å². The van der Waals surface area contributed by atoms with Crippen LogP contribution in [0.25, 0.3) is 0 Å². The molecule has 2 N–H and O–H groups in total. The van der Waals surface area contributed by atoms with Gasteiger partial charge in [-0.3, -0.25) is 0 Å². The summed E-state index contributed by atoms with van der Waals surface area (Å²) < 4.78 is 63.0. The van der Waals surface area contributed by atoms with Gasteiger partial charge in [-0.05, 0) is 31.6 Å². The van der Waals surface area contributed by atoms with E-state index in [9.17, 15) is 21.6 Å². The summed E-state index contributed by atoms with van der Waals surface area (Å²) >= 11 is 0. The van der Waals surface area contributed by atoms with Crippen molar-refractivity contribution < 1.29 is 21.6 Å². The molecule has 1 aromatic carbocycles. The Morgan fingerprint density at radius 1 is 1.25 bits per heavy atom. The summed E-state index contributed by atoms with van der Waals surface area (Å²) in [5, 5.41) is 2.82. The first kappa shape index (κ1) is 16.9. The summed E-state index contributed by atoms with van der Waals surface area (Å²) in [6.45, 7) is 0.413. The molecule has 0 aliphatic heterocycles. The summed E-state index contributed by atoms with van der Waals surface area (Å²) in [4.78, 5) is 0. The predicted molar refractivity (Wildman–Crippen MR) is 70.6 cm³/mol. The van der Waals surface area contributed by atoms with E-state index in [1.54, 1.807) is 7.05 Å². The zero-order valence-corrected chi connectivity index (χ0v) is 11.8. The molecule has 0 unspecified atom stereocenters. The minimum Gasteiger partial charge on any atom is -0.320 e.